The van der Waals surface area contributed by atoms with Gasteiger partial charge in [0, 0.05) is 0 Å². The largest absolute Gasteiger partial charge is 1.00 e. The molecule has 0 radical (unpaired) electrons. The minimum atomic E-state index is -4.56. The fraction of sp³-hybridized carbons (Fsp3) is 0.333. The van der Waals surface area contributed by atoms with E-state index in [9.17, 15) is 13.0 Å². The Morgan fingerprint density at radius 1 is 1.00 bits per heavy atom. The Morgan fingerprint density at radius 2 is 1.75 bits per heavy atom. The van der Waals surface area contributed by atoms with Crippen LogP contribution in [0, 0.1) is 0 Å². The Bertz CT molecular complexity index is 744. The zero-order chi connectivity index (χ0) is 16.7. The molecule has 24 heavy (non-hydrogen) atoms. The van der Waals surface area contributed by atoms with Gasteiger partial charge in [0.05, 0.1) is 4.90 Å². The maximum atomic E-state index is 11.3. The van der Waals surface area contributed by atoms with Crippen molar-refractivity contribution >= 4 is 10.1 Å². The number of hydrogen-bond acceptors (Lipinski definition) is 4. The summed E-state index contributed by atoms with van der Waals surface area (Å²) >= 11 is 0. The fourth-order valence-electron chi connectivity index (χ4n) is 2.39. The van der Waals surface area contributed by atoms with Gasteiger partial charge >= 0.3 is 29.6 Å². The van der Waals surface area contributed by atoms with Gasteiger partial charge in [0.25, 0.3) is 0 Å². The van der Waals surface area contributed by atoms with Crippen molar-refractivity contribution in [3.05, 3.63) is 54.1 Å². The summed E-state index contributed by atoms with van der Waals surface area (Å²) < 4.78 is 39.5. The summed E-state index contributed by atoms with van der Waals surface area (Å²) in [6, 6.07) is 13.4. The Kier molecular flexibility index (Phi) is 9.02. The number of aryl methyl sites for hydroxylation is 1. The van der Waals surface area contributed by atoms with Gasteiger partial charge in [-0.25, -0.2) is 8.42 Å². The van der Waals surface area contributed by atoms with Crippen molar-refractivity contribution in [2.24, 2.45) is 0 Å². The van der Waals surface area contributed by atoms with Crippen LogP contribution in [0.4, 0.5) is 0 Å². The van der Waals surface area contributed by atoms with Crippen LogP contribution >= 0.6 is 0 Å². The van der Waals surface area contributed by atoms with Crippen LogP contribution in [-0.2, 0) is 16.5 Å². The first-order chi connectivity index (χ1) is 11.0. The average molecular weight is 356 g/mol. The monoisotopic (exact) mass is 356 g/mol. The molecule has 4 nitrogen and oxygen atoms in total. The van der Waals surface area contributed by atoms with E-state index in [1.807, 2.05) is 18.2 Å². The quantitative estimate of drug-likeness (QED) is 0.409. The molecule has 0 saturated heterocycles. The minimum absolute atomic E-state index is 0. The van der Waals surface area contributed by atoms with Crippen molar-refractivity contribution in [1.82, 2.24) is 0 Å². The second-order valence-electron chi connectivity index (χ2n) is 5.46. The van der Waals surface area contributed by atoms with E-state index in [1.54, 1.807) is 12.1 Å². The molecule has 2 aromatic carbocycles. The summed E-state index contributed by atoms with van der Waals surface area (Å²) in [5.41, 5.74) is 1.14. The molecular weight excluding hydrogens is 335 g/mol. The first kappa shape index (κ1) is 21.2. The molecule has 0 aliphatic carbocycles. The van der Waals surface area contributed by atoms with E-state index >= 15 is 0 Å². The molecule has 0 unspecified atom stereocenters. The summed E-state index contributed by atoms with van der Waals surface area (Å²) in [4.78, 5) is -0.339. The maximum absolute atomic E-state index is 11.3. The van der Waals surface area contributed by atoms with Crippen molar-refractivity contribution < 1.29 is 47.3 Å². The predicted octanol–water partition coefficient (Wildman–Crippen LogP) is 1.51. The number of unbranched alkanes of at least 4 members (excludes halogenated alkanes) is 3. The summed E-state index contributed by atoms with van der Waals surface area (Å²) in [5, 5.41) is 0. The second kappa shape index (κ2) is 10.2. The predicted molar refractivity (Wildman–Crippen MR) is 88.8 cm³/mol. The number of rotatable bonds is 8. The van der Waals surface area contributed by atoms with E-state index in [1.165, 1.54) is 37.5 Å². The Balaban J connectivity index is 0.00000288. The van der Waals surface area contributed by atoms with E-state index in [-0.39, 0.29) is 40.2 Å². The third kappa shape index (κ3) is 6.57. The average Bonchev–Trinajstić information content (AvgIpc) is 2.51. The number of benzene rings is 2. The Hall–Kier alpha value is -0.850. The van der Waals surface area contributed by atoms with Crippen molar-refractivity contribution in [2.45, 2.75) is 43.9 Å². The summed E-state index contributed by atoms with van der Waals surface area (Å²) in [7, 11) is -4.56. The Labute approximate surface area is 166 Å². The molecule has 0 aromatic heterocycles. The van der Waals surface area contributed by atoms with Crippen LogP contribution in [0.5, 0.6) is 11.5 Å². The number of para-hydroxylation sites is 1. The number of hydrogen-bond donors (Lipinski definition) is 0. The SMILES string of the molecule is CCCCCCc1cccc(Oc2ccccc2S(=O)(=O)[O-])c1.[Na+]. The minimum Gasteiger partial charge on any atom is -0.744 e. The third-order valence-electron chi connectivity index (χ3n) is 3.56. The zero-order valence-electron chi connectivity index (χ0n) is 14.2. The first-order valence-electron chi connectivity index (χ1n) is 7.82. The molecule has 6 heteroatoms. The van der Waals surface area contributed by atoms with Crippen LogP contribution < -0.4 is 34.3 Å². The summed E-state index contributed by atoms with van der Waals surface area (Å²) in [6.07, 6.45) is 5.69. The van der Waals surface area contributed by atoms with E-state index < -0.39 is 10.1 Å². The van der Waals surface area contributed by atoms with Gasteiger partial charge in [0.15, 0.2) is 0 Å². The molecule has 0 aliphatic heterocycles. The molecule has 0 N–H and O–H groups in total. The second-order valence-corrected chi connectivity index (χ2v) is 6.81. The van der Waals surface area contributed by atoms with Gasteiger partial charge in [0.1, 0.15) is 21.6 Å². The normalized spacial score (nSPS) is 10.9. The van der Waals surface area contributed by atoms with Crippen molar-refractivity contribution in [3.8, 4) is 11.5 Å². The van der Waals surface area contributed by atoms with Crippen molar-refractivity contribution in [2.75, 3.05) is 0 Å². The molecule has 0 aliphatic rings. The van der Waals surface area contributed by atoms with Gasteiger partial charge in [-0.1, -0.05) is 50.5 Å². The van der Waals surface area contributed by atoms with E-state index in [0.717, 1.165) is 18.4 Å². The number of ether oxygens (including phenoxy) is 1. The molecule has 124 valence electrons. The van der Waals surface area contributed by atoms with Gasteiger partial charge in [-0.2, -0.15) is 0 Å². The Morgan fingerprint density at radius 3 is 2.46 bits per heavy atom. The molecule has 0 bridgehead atoms. The molecule has 0 saturated carbocycles. The maximum Gasteiger partial charge on any atom is 1.00 e. The van der Waals surface area contributed by atoms with Crippen LogP contribution in [0.25, 0.3) is 0 Å². The van der Waals surface area contributed by atoms with Crippen LogP contribution in [0.3, 0.4) is 0 Å². The molecule has 0 heterocycles. The van der Waals surface area contributed by atoms with E-state index in [0.29, 0.717) is 5.75 Å². The van der Waals surface area contributed by atoms with Gasteiger partial charge in [-0.15, -0.1) is 0 Å². The van der Waals surface area contributed by atoms with Crippen molar-refractivity contribution in [1.29, 1.82) is 0 Å². The first-order valence-corrected chi connectivity index (χ1v) is 9.23. The van der Waals surface area contributed by atoms with Crippen LogP contribution in [0.2, 0.25) is 0 Å². The molecule has 2 aromatic rings. The molecule has 0 spiro atoms. The van der Waals surface area contributed by atoms with Gasteiger partial charge in [-0.05, 0) is 42.7 Å². The van der Waals surface area contributed by atoms with Gasteiger partial charge < -0.3 is 9.29 Å². The molecular formula is C18H21NaO4S. The summed E-state index contributed by atoms with van der Waals surface area (Å²) in [5.74, 6) is 0.597. The molecule has 0 fully saturated rings. The topological polar surface area (TPSA) is 66.4 Å². The van der Waals surface area contributed by atoms with E-state index in [2.05, 4.69) is 6.92 Å². The zero-order valence-corrected chi connectivity index (χ0v) is 17.0. The van der Waals surface area contributed by atoms with Crippen LogP contribution in [0.1, 0.15) is 38.2 Å². The molecule has 0 atom stereocenters. The molecule has 0 amide bonds. The smallest absolute Gasteiger partial charge is 0.744 e. The standard InChI is InChI=1S/C18H22O4S.Na/c1-2-3-4-5-9-15-10-8-11-16(14-15)22-17-12-6-7-13-18(17)23(19,20)21;/h6-8,10-14H,2-5,9H2,1H3,(H,19,20,21);/q;+1/p-1. The van der Waals surface area contributed by atoms with E-state index in [4.69, 9.17) is 4.74 Å². The fourth-order valence-corrected chi connectivity index (χ4v) is 2.99. The summed E-state index contributed by atoms with van der Waals surface area (Å²) in [6.45, 7) is 2.18. The van der Waals surface area contributed by atoms with Crippen LogP contribution in [-0.4, -0.2) is 13.0 Å². The molecule has 2 rings (SSSR count). The van der Waals surface area contributed by atoms with Crippen molar-refractivity contribution in [3.63, 3.8) is 0 Å². The van der Waals surface area contributed by atoms with Gasteiger partial charge in [0.2, 0.25) is 0 Å². The van der Waals surface area contributed by atoms with Gasteiger partial charge in [-0.3, -0.25) is 0 Å². The van der Waals surface area contributed by atoms with Crippen LogP contribution in [0.15, 0.2) is 53.4 Å². The third-order valence-corrected chi connectivity index (χ3v) is 4.44.